The summed E-state index contributed by atoms with van der Waals surface area (Å²) in [5, 5.41) is 0. The average Bonchev–Trinajstić information content (AvgIpc) is 2.78. The van der Waals surface area contributed by atoms with Crippen molar-refractivity contribution < 1.29 is 0 Å². The number of imidazole rings is 1. The lowest BCUT2D eigenvalue weighted by Crippen LogP contribution is -2.18. The number of hydrogen-bond donors (Lipinski definition) is 0. The maximum atomic E-state index is 5.90. The zero-order valence-electron chi connectivity index (χ0n) is 10.2. The van der Waals surface area contributed by atoms with Gasteiger partial charge in [-0.25, -0.2) is 4.98 Å². The molecule has 0 amide bonds. The van der Waals surface area contributed by atoms with Crippen LogP contribution in [0.15, 0.2) is 18.5 Å². The molecule has 2 aromatic rings. The summed E-state index contributed by atoms with van der Waals surface area (Å²) in [5.74, 6) is 4.20. The van der Waals surface area contributed by atoms with Gasteiger partial charge in [-0.15, -0.1) is 11.6 Å². The van der Waals surface area contributed by atoms with Crippen molar-refractivity contribution in [3.05, 3.63) is 24.3 Å². The van der Waals surface area contributed by atoms with Gasteiger partial charge in [0.15, 0.2) is 0 Å². The van der Waals surface area contributed by atoms with Crippen LogP contribution in [0.1, 0.15) is 24.7 Å². The molecule has 5 heteroatoms. The number of aryl methyl sites for hydroxylation is 1. The van der Waals surface area contributed by atoms with E-state index in [9.17, 15) is 0 Å². The Balaban J connectivity index is 2.07. The molecule has 2 aromatic heterocycles. The Hall–Kier alpha value is -0.740. The first kappa shape index (κ1) is 12.3. The lowest BCUT2D eigenvalue weighted by atomic mass is 10.1. The zero-order valence-corrected chi connectivity index (χ0v) is 11.8. The largest absolute Gasteiger partial charge is 0.324 e. The molecule has 0 radical (unpaired) electrons. The van der Waals surface area contributed by atoms with E-state index in [1.165, 1.54) is 29.9 Å². The Bertz CT molecular complexity index is 534. The molecule has 1 aliphatic heterocycles. The second-order valence-electron chi connectivity index (χ2n) is 4.57. The van der Waals surface area contributed by atoms with E-state index in [-0.39, 0.29) is 0 Å². The van der Waals surface area contributed by atoms with Gasteiger partial charge in [0, 0.05) is 30.3 Å². The van der Waals surface area contributed by atoms with Crippen LogP contribution in [0.4, 0.5) is 0 Å². The molecule has 0 aromatic carbocycles. The molecule has 1 atom stereocenters. The Morgan fingerprint density at radius 2 is 2.44 bits per heavy atom. The first-order valence-corrected chi connectivity index (χ1v) is 8.03. The number of thioether (sulfide) groups is 1. The minimum Gasteiger partial charge on any atom is -0.324 e. The van der Waals surface area contributed by atoms with E-state index in [2.05, 4.69) is 20.6 Å². The van der Waals surface area contributed by atoms with Gasteiger partial charge in [0.1, 0.15) is 11.3 Å². The van der Waals surface area contributed by atoms with Crippen LogP contribution in [0.3, 0.4) is 0 Å². The lowest BCUT2D eigenvalue weighted by Gasteiger charge is -2.25. The number of fused-ring (bicyclic) bond motifs is 1. The van der Waals surface area contributed by atoms with Gasteiger partial charge in [0.2, 0.25) is 0 Å². The minimum absolute atomic E-state index is 0.564. The highest BCUT2D eigenvalue weighted by atomic mass is 35.5. The number of aromatic nitrogens is 3. The highest BCUT2D eigenvalue weighted by Gasteiger charge is 2.21. The molecule has 3 nitrogen and oxygen atoms in total. The number of nitrogens with zero attached hydrogens (tertiary/aromatic N) is 3. The van der Waals surface area contributed by atoms with Gasteiger partial charge in [-0.1, -0.05) is 0 Å². The number of pyridine rings is 1. The van der Waals surface area contributed by atoms with Crippen LogP contribution in [-0.4, -0.2) is 31.9 Å². The summed E-state index contributed by atoms with van der Waals surface area (Å²) in [6.07, 6.45) is 7.06. The fraction of sp³-hybridized carbons (Fsp3) is 0.538. The molecular weight excluding hydrogens is 266 g/mol. The predicted molar refractivity (Wildman–Crippen MR) is 77.5 cm³/mol. The van der Waals surface area contributed by atoms with Gasteiger partial charge in [-0.3, -0.25) is 4.98 Å². The molecule has 3 heterocycles. The van der Waals surface area contributed by atoms with Crippen LogP contribution in [-0.2, 0) is 6.42 Å². The van der Waals surface area contributed by atoms with Crippen molar-refractivity contribution in [2.75, 3.05) is 17.4 Å². The zero-order chi connectivity index (χ0) is 12.4. The molecule has 0 bridgehead atoms. The molecule has 18 heavy (non-hydrogen) atoms. The summed E-state index contributed by atoms with van der Waals surface area (Å²) < 4.78 is 2.39. The van der Waals surface area contributed by atoms with Gasteiger partial charge in [0.05, 0.1) is 11.7 Å². The molecular formula is C13H16ClN3S. The highest BCUT2D eigenvalue weighted by molar-refractivity contribution is 7.99. The molecule has 0 spiro atoms. The molecule has 1 fully saturated rings. The summed E-state index contributed by atoms with van der Waals surface area (Å²) in [4.78, 5) is 8.84. The van der Waals surface area contributed by atoms with Crippen molar-refractivity contribution in [3.63, 3.8) is 0 Å². The van der Waals surface area contributed by atoms with E-state index in [1.807, 2.05) is 24.2 Å². The summed E-state index contributed by atoms with van der Waals surface area (Å²) in [6, 6.07) is 2.63. The number of halogens is 1. The maximum Gasteiger partial charge on any atom is 0.111 e. The second-order valence-corrected chi connectivity index (χ2v) is 6.10. The number of alkyl halides is 1. The molecule has 1 aliphatic rings. The third-order valence-electron chi connectivity index (χ3n) is 3.38. The summed E-state index contributed by atoms with van der Waals surface area (Å²) in [7, 11) is 0. The molecule has 1 saturated heterocycles. The quantitative estimate of drug-likeness (QED) is 0.809. The van der Waals surface area contributed by atoms with E-state index in [0.29, 0.717) is 11.9 Å². The van der Waals surface area contributed by atoms with Gasteiger partial charge >= 0.3 is 0 Å². The molecule has 0 saturated carbocycles. The topological polar surface area (TPSA) is 30.7 Å². The monoisotopic (exact) mass is 281 g/mol. The Morgan fingerprint density at radius 3 is 3.22 bits per heavy atom. The SMILES string of the molecule is ClCCc1nc2cnccc2n1C1CCCSC1. The van der Waals surface area contributed by atoms with Gasteiger partial charge in [-0.2, -0.15) is 11.8 Å². The van der Waals surface area contributed by atoms with Gasteiger partial charge in [-0.05, 0) is 24.7 Å². The average molecular weight is 282 g/mol. The van der Waals surface area contributed by atoms with E-state index in [4.69, 9.17) is 11.6 Å². The number of hydrogen-bond acceptors (Lipinski definition) is 3. The van der Waals surface area contributed by atoms with E-state index >= 15 is 0 Å². The molecule has 0 aliphatic carbocycles. The standard InChI is InChI=1S/C13H16ClN3S/c14-5-3-13-16-11-8-15-6-4-12(11)17(13)10-2-1-7-18-9-10/h4,6,8,10H,1-3,5,7,9H2. The normalized spacial score (nSPS) is 20.4. The smallest absolute Gasteiger partial charge is 0.111 e. The Kier molecular flexibility index (Phi) is 3.75. The van der Waals surface area contributed by atoms with E-state index < -0.39 is 0 Å². The van der Waals surface area contributed by atoms with Crippen molar-refractivity contribution in [1.82, 2.24) is 14.5 Å². The third-order valence-corrected chi connectivity index (χ3v) is 4.77. The van der Waals surface area contributed by atoms with Crippen LogP contribution >= 0.6 is 23.4 Å². The van der Waals surface area contributed by atoms with Crippen molar-refractivity contribution in [2.45, 2.75) is 25.3 Å². The summed E-state index contributed by atoms with van der Waals surface area (Å²) in [5.41, 5.74) is 2.20. The van der Waals surface area contributed by atoms with Gasteiger partial charge < -0.3 is 4.57 Å². The summed E-state index contributed by atoms with van der Waals surface area (Å²) >= 11 is 7.94. The minimum atomic E-state index is 0.564. The highest BCUT2D eigenvalue weighted by Crippen LogP contribution is 2.31. The van der Waals surface area contributed by atoms with Gasteiger partial charge in [0.25, 0.3) is 0 Å². The predicted octanol–water partition coefficient (Wildman–Crippen LogP) is 3.28. The van der Waals surface area contributed by atoms with E-state index in [1.54, 1.807) is 0 Å². The van der Waals surface area contributed by atoms with Crippen LogP contribution < -0.4 is 0 Å². The first-order chi connectivity index (χ1) is 8.90. The van der Waals surface area contributed by atoms with E-state index in [0.717, 1.165) is 17.8 Å². The van der Waals surface area contributed by atoms with Crippen molar-refractivity contribution in [3.8, 4) is 0 Å². The van der Waals surface area contributed by atoms with Crippen molar-refractivity contribution in [1.29, 1.82) is 0 Å². The second kappa shape index (κ2) is 5.49. The maximum absolute atomic E-state index is 5.90. The fourth-order valence-corrected chi connectivity index (χ4v) is 3.89. The van der Waals surface area contributed by atoms with Crippen LogP contribution in [0.2, 0.25) is 0 Å². The Labute approximate surface area is 116 Å². The Morgan fingerprint density at radius 1 is 1.50 bits per heavy atom. The molecule has 3 rings (SSSR count). The lowest BCUT2D eigenvalue weighted by molar-refractivity contribution is 0.495. The number of rotatable bonds is 3. The van der Waals surface area contributed by atoms with Crippen LogP contribution in [0, 0.1) is 0 Å². The summed E-state index contributed by atoms with van der Waals surface area (Å²) in [6.45, 7) is 0. The molecule has 0 N–H and O–H groups in total. The third kappa shape index (κ3) is 2.24. The van der Waals surface area contributed by atoms with Crippen LogP contribution in [0.25, 0.3) is 11.0 Å². The van der Waals surface area contributed by atoms with Crippen molar-refractivity contribution in [2.24, 2.45) is 0 Å². The molecule has 96 valence electrons. The fourth-order valence-electron chi connectivity index (χ4n) is 2.60. The molecule has 1 unspecified atom stereocenters. The first-order valence-electron chi connectivity index (χ1n) is 6.34. The van der Waals surface area contributed by atoms with Crippen molar-refractivity contribution >= 4 is 34.4 Å². The van der Waals surface area contributed by atoms with Crippen LogP contribution in [0.5, 0.6) is 0 Å².